The van der Waals surface area contributed by atoms with Gasteiger partial charge in [0.1, 0.15) is 0 Å². The van der Waals surface area contributed by atoms with E-state index in [0.29, 0.717) is 0 Å². The maximum Gasteiger partial charge on any atom is 0.00922 e. The largest absolute Gasteiger partial charge is 0.317 e. The molecule has 0 bridgehead atoms. The molecule has 0 aromatic heterocycles. The van der Waals surface area contributed by atoms with Crippen LogP contribution in [0.15, 0.2) is 0 Å². The number of rotatable bonds is 4. The lowest BCUT2D eigenvalue weighted by molar-refractivity contribution is 0.317. The first kappa shape index (κ1) is 11.0. The van der Waals surface area contributed by atoms with E-state index in [1.54, 1.807) is 0 Å². The molecule has 1 N–H and O–H groups in total. The monoisotopic (exact) mass is 183 g/mol. The summed E-state index contributed by atoms with van der Waals surface area (Å²) < 4.78 is 0. The van der Waals surface area contributed by atoms with Crippen LogP contribution in [0.3, 0.4) is 0 Å². The molecule has 1 heteroatoms. The molecule has 0 aromatic rings. The summed E-state index contributed by atoms with van der Waals surface area (Å²) in [7, 11) is 2.13. The molecule has 1 unspecified atom stereocenters. The van der Waals surface area contributed by atoms with E-state index in [4.69, 9.17) is 0 Å². The standard InChI is InChI=1S/C12H25N/c1-3-8-12(13-2)11-9-6-4-5-7-10-11/h11-13H,3-10H2,1-2H3. The zero-order valence-corrected chi connectivity index (χ0v) is 9.31. The van der Waals surface area contributed by atoms with Gasteiger partial charge in [0, 0.05) is 6.04 Å². The van der Waals surface area contributed by atoms with E-state index in [2.05, 4.69) is 19.3 Å². The molecule has 1 saturated carbocycles. The van der Waals surface area contributed by atoms with Crippen molar-refractivity contribution in [1.82, 2.24) is 5.32 Å². The van der Waals surface area contributed by atoms with Crippen LogP contribution in [-0.2, 0) is 0 Å². The van der Waals surface area contributed by atoms with Gasteiger partial charge in [-0.05, 0) is 32.2 Å². The van der Waals surface area contributed by atoms with Crippen LogP contribution in [0.5, 0.6) is 0 Å². The summed E-state index contributed by atoms with van der Waals surface area (Å²) >= 11 is 0. The van der Waals surface area contributed by atoms with Crippen LogP contribution in [0.2, 0.25) is 0 Å². The van der Waals surface area contributed by atoms with E-state index < -0.39 is 0 Å². The summed E-state index contributed by atoms with van der Waals surface area (Å²) in [4.78, 5) is 0. The van der Waals surface area contributed by atoms with Crippen molar-refractivity contribution in [3.8, 4) is 0 Å². The highest BCUT2D eigenvalue weighted by Gasteiger charge is 2.20. The Morgan fingerprint density at radius 2 is 1.77 bits per heavy atom. The van der Waals surface area contributed by atoms with Crippen LogP contribution in [0.25, 0.3) is 0 Å². The van der Waals surface area contributed by atoms with Gasteiger partial charge in [0.05, 0.1) is 0 Å². The molecule has 13 heavy (non-hydrogen) atoms. The number of nitrogens with one attached hydrogen (secondary N) is 1. The normalized spacial score (nSPS) is 22.6. The highest BCUT2D eigenvalue weighted by atomic mass is 14.9. The second kappa shape index (κ2) is 6.42. The molecular formula is C12H25N. The van der Waals surface area contributed by atoms with Gasteiger partial charge >= 0.3 is 0 Å². The Bertz CT molecular complexity index is 114. The van der Waals surface area contributed by atoms with Gasteiger partial charge in [-0.2, -0.15) is 0 Å². The first-order valence-electron chi connectivity index (χ1n) is 6.05. The molecule has 0 radical (unpaired) electrons. The molecule has 0 amide bonds. The molecule has 0 spiro atoms. The summed E-state index contributed by atoms with van der Waals surface area (Å²) in [6.45, 7) is 2.29. The molecule has 1 fully saturated rings. The fourth-order valence-electron chi connectivity index (χ4n) is 2.64. The molecular weight excluding hydrogens is 158 g/mol. The second-order valence-corrected chi connectivity index (χ2v) is 4.44. The fraction of sp³-hybridized carbons (Fsp3) is 1.00. The van der Waals surface area contributed by atoms with Gasteiger partial charge in [-0.1, -0.05) is 39.0 Å². The Morgan fingerprint density at radius 1 is 1.15 bits per heavy atom. The van der Waals surface area contributed by atoms with Crippen molar-refractivity contribution < 1.29 is 0 Å². The molecule has 78 valence electrons. The molecule has 1 rings (SSSR count). The highest BCUT2D eigenvalue weighted by molar-refractivity contribution is 4.76. The van der Waals surface area contributed by atoms with Gasteiger partial charge < -0.3 is 5.32 Å². The van der Waals surface area contributed by atoms with Crippen molar-refractivity contribution in [3.05, 3.63) is 0 Å². The highest BCUT2D eigenvalue weighted by Crippen LogP contribution is 2.27. The maximum atomic E-state index is 3.50. The van der Waals surface area contributed by atoms with Crippen LogP contribution in [0.4, 0.5) is 0 Å². The van der Waals surface area contributed by atoms with Gasteiger partial charge in [-0.3, -0.25) is 0 Å². The Labute approximate surface area is 83.3 Å². The summed E-state index contributed by atoms with van der Waals surface area (Å²) in [6.07, 6.45) is 11.5. The zero-order chi connectivity index (χ0) is 9.52. The molecule has 1 atom stereocenters. The van der Waals surface area contributed by atoms with E-state index in [1.807, 2.05) is 0 Å². The van der Waals surface area contributed by atoms with Crippen LogP contribution in [0, 0.1) is 5.92 Å². The van der Waals surface area contributed by atoms with Crippen LogP contribution < -0.4 is 5.32 Å². The van der Waals surface area contributed by atoms with Gasteiger partial charge in [-0.15, -0.1) is 0 Å². The second-order valence-electron chi connectivity index (χ2n) is 4.44. The molecule has 0 aliphatic heterocycles. The third kappa shape index (κ3) is 3.68. The predicted molar refractivity (Wildman–Crippen MR) is 58.9 cm³/mol. The SMILES string of the molecule is CCCC(NC)C1CCCCCC1. The number of hydrogen-bond donors (Lipinski definition) is 1. The minimum Gasteiger partial charge on any atom is -0.317 e. The van der Waals surface area contributed by atoms with Crippen molar-refractivity contribution in [1.29, 1.82) is 0 Å². The van der Waals surface area contributed by atoms with Crippen LogP contribution in [-0.4, -0.2) is 13.1 Å². The minimum absolute atomic E-state index is 0.795. The van der Waals surface area contributed by atoms with Gasteiger partial charge in [0.2, 0.25) is 0 Å². The maximum absolute atomic E-state index is 3.50. The Balaban J connectivity index is 2.35. The molecule has 1 nitrogen and oxygen atoms in total. The molecule has 1 aliphatic carbocycles. The Morgan fingerprint density at radius 3 is 2.23 bits per heavy atom. The molecule has 0 heterocycles. The van der Waals surface area contributed by atoms with Crippen molar-refractivity contribution >= 4 is 0 Å². The van der Waals surface area contributed by atoms with E-state index in [-0.39, 0.29) is 0 Å². The fourth-order valence-corrected chi connectivity index (χ4v) is 2.64. The Hall–Kier alpha value is -0.0400. The molecule has 1 aliphatic rings. The van der Waals surface area contributed by atoms with Gasteiger partial charge in [0.25, 0.3) is 0 Å². The van der Waals surface area contributed by atoms with Crippen molar-refractivity contribution in [2.24, 2.45) is 5.92 Å². The van der Waals surface area contributed by atoms with Gasteiger partial charge in [-0.25, -0.2) is 0 Å². The van der Waals surface area contributed by atoms with Crippen molar-refractivity contribution in [2.75, 3.05) is 7.05 Å². The average Bonchev–Trinajstić information content (AvgIpc) is 2.42. The number of hydrogen-bond acceptors (Lipinski definition) is 1. The lowest BCUT2D eigenvalue weighted by Gasteiger charge is -2.25. The van der Waals surface area contributed by atoms with E-state index in [9.17, 15) is 0 Å². The minimum atomic E-state index is 0.795. The van der Waals surface area contributed by atoms with E-state index in [0.717, 1.165) is 12.0 Å². The van der Waals surface area contributed by atoms with Crippen LogP contribution >= 0.6 is 0 Å². The summed E-state index contributed by atoms with van der Waals surface area (Å²) in [5, 5.41) is 3.50. The topological polar surface area (TPSA) is 12.0 Å². The summed E-state index contributed by atoms with van der Waals surface area (Å²) in [6, 6.07) is 0.795. The first-order chi connectivity index (χ1) is 6.38. The average molecular weight is 183 g/mol. The lowest BCUT2D eigenvalue weighted by atomic mass is 9.89. The van der Waals surface area contributed by atoms with Crippen molar-refractivity contribution in [3.63, 3.8) is 0 Å². The van der Waals surface area contributed by atoms with Crippen molar-refractivity contribution in [2.45, 2.75) is 64.3 Å². The predicted octanol–water partition coefficient (Wildman–Crippen LogP) is 3.34. The zero-order valence-electron chi connectivity index (χ0n) is 9.31. The lowest BCUT2D eigenvalue weighted by Crippen LogP contribution is -2.33. The summed E-state index contributed by atoms with van der Waals surface area (Å²) in [5.41, 5.74) is 0. The van der Waals surface area contributed by atoms with E-state index in [1.165, 1.54) is 51.4 Å². The molecule has 0 aromatic carbocycles. The smallest absolute Gasteiger partial charge is 0.00922 e. The third-order valence-corrected chi connectivity index (χ3v) is 3.44. The first-order valence-corrected chi connectivity index (χ1v) is 6.05. The van der Waals surface area contributed by atoms with Gasteiger partial charge in [0.15, 0.2) is 0 Å². The third-order valence-electron chi connectivity index (χ3n) is 3.44. The quantitative estimate of drug-likeness (QED) is 0.659. The molecule has 0 saturated heterocycles. The Kier molecular flexibility index (Phi) is 5.45. The van der Waals surface area contributed by atoms with E-state index >= 15 is 0 Å². The van der Waals surface area contributed by atoms with Crippen LogP contribution in [0.1, 0.15) is 58.3 Å². The summed E-state index contributed by atoms with van der Waals surface area (Å²) in [5.74, 6) is 0.965.